The molecule has 0 N–H and O–H groups in total. The Labute approximate surface area is 95.0 Å². The summed E-state index contributed by atoms with van der Waals surface area (Å²) in [5.41, 5.74) is 0. The van der Waals surface area contributed by atoms with Crippen molar-refractivity contribution >= 4 is 28.4 Å². The van der Waals surface area contributed by atoms with Crippen molar-refractivity contribution in [3.05, 3.63) is 0 Å². The lowest BCUT2D eigenvalue weighted by atomic mass is 9.98. The van der Waals surface area contributed by atoms with E-state index in [9.17, 15) is 4.79 Å². The van der Waals surface area contributed by atoms with Crippen LogP contribution in [-0.4, -0.2) is 17.3 Å². The van der Waals surface area contributed by atoms with Gasteiger partial charge in [-0.25, -0.2) is 0 Å². The van der Waals surface area contributed by atoms with Gasteiger partial charge >= 0.3 is 5.97 Å². The average molecular weight is 234 g/mol. The molecule has 0 radical (unpaired) electrons. The fraction of sp³-hybridized carbons (Fsp3) is 0.900. The van der Waals surface area contributed by atoms with Crippen molar-refractivity contribution in [3.63, 3.8) is 0 Å². The molecule has 0 saturated heterocycles. The first-order valence-electron chi connectivity index (χ1n) is 5.22. The topological polar surface area (TPSA) is 26.3 Å². The molecule has 82 valence electrons. The molecule has 0 spiro atoms. The molecule has 4 heteroatoms. The van der Waals surface area contributed by atoms with Gasteiger partial charge in [0.05, 0.1) is 6.42 Å². The van der Waals surface area contributed by atoms with Crippen molar-refractivity contribution in [1.82, 2.24) is 0 Å². The minimum Gasteiger partial charge on any atom is -0.462 e. The van der Waals surface area contributed by atoms with Gasteiger partial charge in [0, 0.05) is 5.25 Å². The highest BCUT2D eigenvalue weighted by Crippen LogP contribution is 2.22. The first kappa shape index (κ1) is 12.2. The lowest BCUT2D eigenvalue weighted by molar-refractivity contribution is -0.150. The third-order valence-electron chi connectivity index (χ3n) is 2.48. The normalized spacial score (nSPS) is 20.4. The monoisotopic (exact) mass is 234 g/mol. The van der Waals surface area contributed by atoms with E-state index >= 15 is 0 Å². The van der Waals surface area contributed by atoms with Crippen molar-refractivity contribution in [2.24, 2.45) is 0 Å². The van der Waals surface area contributed by atoms with Crippen LogP contribution in [0.2, 0.25) is 0 Å². The van der Waals surface area contributed by atoms with Gasteiger partial charge in [-0.2, -0.15) is 0 Å². The van der Waals surface area contributed by atoms with Gasteiger partial charge in [-0.1, -0.05) is 24.1 Å². The summed E-state index contributed by atoms with van der Waals surface area (Å²) in [6, 6.07) is 0. The van der Waals surface area contributed by atoms with E-state index in [1.54, 1.807) is 0 Å². The minimum atomic E-state index is -0.0639. The summed E-state index contributed by atoms with van der Waals surface area (Å²) in [5.74, 6) is -0.0639. The van der Waals surface area contributed by atoms with Crippen LogP contribution in [0.5, 0.6) is 0 Å². The van der Waals surface area contributed by atoms with Crippen LogP contribution in [0.15, 0.2) is 0 Å². The van der Waals surface area contributed by atoms with Gasteiger partial charge < -0.3 is 4.74 Å². The van der Waals surface area contributed by atoms with E-state index < -0.39 is 0 Å². The van der Waals surface area contributed by atoms with Gasteiger partial charge in [-0.3, -0.25) is 4.79 Å². The van der Waals surface area contributed by atoms with Crippen LogP contribution in [0.25, 0.3) is 0 Å². The molecule has 0 amide bonds. The summed E-state index contributed by atoms with van der Waals surface area (Å²) in [5, 5.41) is 0.245. The zero-order chi connectivity index (χ0) is 10.4. The second-order valence-electron chi connectivity index (χ2n) is 3.87. The molecule has 0 heterocycles. The standard InChI is InChI=1S/C10H18O2S2/c1-8(14-13)7-10(11)12-9-5-3-2-4-6-9/h8-9,13H,2-7H2,1H3. The van der Waals surface area contributed by atoms with Gasteiger partial charge in [-0.05, 0) is 25.7 Å². The zero-order valence-electron chi connectivity index (χ0n) is 8.57. The Balaban J connectivity index is 2.18. The zero-order valence-corrected chi connectivity index (χ0v) is 10.3. The Morgan fingerprint density at radius 2 is 2.14 bits per heavy atom. The fourth-order valence-electron chi connectivity index (χ4n) is 1.69. The molecular weight excluding hydrogens is 216 g/mol. The third-order valence-corrected chi connectivity index (χ3v) is 4.09. The van der Waals surface area contributed by atoms with Crippen molar-refractivity contribution in [3.8, 4) is 0 Å². The molecule has 0 aliphatic heterocycles. The summed E-state index contributed by atoms with van der Waals surface area (Å²) < 4.78 is 5.38. The number of carbonyl (C=O) groups is 1. The Kier molecular flexibility index (Phi) is 5.78. The largest absolute Gasteiger partial charge is 0.462 e. The van der Waals surface area contributed by atoms with Gasteiger partial charge in [0.1, 0.15) is 6.10 Å². The van der Waals surface area contributed by atoms with Gasteiger partial charge in [-0.15, -0.1) is 11.7 Å². The van der Waals surface area contributed by atoms with E-state index in [1.165, 1.54) is 30.1 Å². The van der Waals surface area contributed by atoms with Gasteiger partial charge in [0.2, 0.25) is 0 Å². The molecule has 1 fully saturated rings. The fourth-order valence-corrected chi connectivity index (χ4v) is 2.12. The SMILES string of the molecule is CC(CC(=O)OC1CCCCC1)SS. The molecule has 2 nitrogen and oxygen atoms in total. The maximum absolute atomic E-state index is 11.4. The highest BCUT2D eigenvalue weighted by molar-refractivity contribution is 8.68. The second kappa shape index (κ2) is 6.62. The molecule has 0 aromatic rings. The number of esters is 1. The quantitative estimate of drug-likeness (QED) is 0.459. The Morgan fingerprint density at radius 3 is 2.71 bits per heavy atom. The predicted molar refractivity (Wildman–Crippen MR) is 63.6 cm³/mol. The Bertz CT molecular complexity index is 179. The summed E-state index contributed by atoms with van der Waals surface area (Å²) in [6.07, 6.45) is 6.46. The molecule has 0 aromatic heterocycles. The van der Waals surface area contributed by atoms with Crippen molar-refractivity contribution in [2.45, 2.75) is 56.8 Å². The smallest absolute Gasteiger partial charge is 0.307 e. The van der Waals surface area contributed by atoms with E-state index in [2.05, 4.69) is 11.7 Å². The molecule has 0 aromatic carbocycles. The first-order valence-corrected chi connectivity index (χ1v) is 7.15. The second-order valence-corrected chi connectivity index (χ2v) is 5.52. The van der Waals surface area contributed by atoms with Crippen molar-refractivity contribution < 1.29 is 9.53 Å². The molecule has 0 bridgehead atoms. The number of ether oxygens (including phenoxy) is 1. The van der Waals surface area contributed by atoms with E-state index in [-0.39, 0.29) is 17.3 Å². The van der Waals surface area contributed by atoms with Crippen LogP contribution in [0, 0.1) is 0 Å². The number of hydrogen-bond donors (Lipinski definition) is 1. The predicted octanol–water partition coefficient (Wildman–Crippen LogP) is 3.22. The lowest BCUT2D eigenvalue weighted by Crippen LogP contribution is -2.22. The number of thiol groups is 1. The number of carbonyl (C=O) groups excluding carboxylic acids is 1. The molecule has 1 aliphatic carbocycles. The molecule has 1 atom stereocenters. The van der Waals surface area contributed by atoms with Gasteiger partial charge in [0.25, 0.3) is 0 Å². The number of rotatable bonds is 4. The first-order chi connectivity index (χ1) is 6.72. The van der Waals surface area contributed by atoms with E-state index in [1.807, 2.05) is 6.92 Å². The van der Waals surface area contributed by atoms with E-state index in [4.69, 9.17) is 4.74 Å². The van der Waals surface area contributed by atoms with Crippen LogP contribution in [0.1, 0.15) is 45.4 Å². The lowest BCUT2D eigenvalue weighted by Gasteiger charge is -2.22. The molecule has 1 saturated carbocycles. The summed E-state index contributed by atoms with van der Waals surface area (Å²) in [4.78, 5) is 11.4. The number of hydrogen-bond acceptors (Lipinski definition) is 4. The van der Waals surface area contributed by atoms with Crippen LogP contribution in [0.3, 0.4) is 0 Å². The molecular formula is C10H18O2S2. The molecule has 1 aliphatic rings. The summed E-state index contributed by atoms with van der Waals surface area (Å²) in [7, 11) is 1.41. The maximum Gasteiger partial charge on any atom is 0.307 e. The van der Waals surface area contributed by atoms with Crippen molar-refractivity contribution in [2.75, 3.05) is 0 Å². The Hall–Kier alpha value is 0.170. The van der Waals surface area contributed by atoms with Crippen LogP contribution in [0.4, 0.5) is 0 Å². The van der Waals surface area contributed by atoms with E-state index in [0.29, 0.717) is 6.42 Å². The highest BCUT2D eigenvalue weighted by Gasteiger charge is 2.18. The van der Waals surface area contributed by atoms with Crippen molar-refractivity contribution in [1.29, 1.82) is 0 Å². The molecule has 1 rings (SSSR count). The Morgan fingerprint density at radius 1 is 1.50 bits per heavy atom. The van der Waals surface area contributed by atoms with Gasteiger partial charge in [0.15, 0.2) is 0 Å². The maximum atomic E-state index is 11.4. The van der Waals surface area contributed by atoms with Crippen LogP contribution >= 0.6 is 22.5 Å². The third kappa shape index (κ3) is 4.60. The highest BCUT2D eigenvalue weighted by atomic mass is 33.1. The van der Waals surface area contributed by atoms with E-state index in [0.717, 1.165) is 12.8 Å². The summed E-state index contributed by atoms with van der Waals surface area (Å²) in [6.45, 7) is 1.99. The van der Waals surface area contributed by atoms with Crippen LogP contribution in [-0.2, 0) is 9.53 Å². The average Bonchev–Trinajstić information content (AvgIpc) is 2.19. The molecule has 1 unspecified atom stereocenters. The van der Waals surface area contributed by atoms with Crippen LogP contribution < -0.4 is 0 Å². The summed E-state index contributed by atoms with van der Waals surface area (Å²) >= 11 is 4.07. The minimum absolute atomic E-state index is 0.0639. The molecule has 14 heavy (non-hydrogen) atoms.